The van der Waals surface area contributed by atoms with Crippen LogP contribution in [0.1, 0.15) is 24.5 Å². The highest BCUT2D eigenvalue weighted by Gasteiger charge is 2.48. The number of benzene rings is 1. The van der Waals surface area contributed by atoms with Gasteiger partial charge in [0, 0.05) is 22.3 Å². The molecule has 1 N–H and O–H groups in total. The van der Waals surface area contributed by atoms with Crippen LogP contribution in [0.25, 0.3) is 6.08 Å². The standard InChI is InChI=1S/C17H14ClF3O3S/c1-8-2-3-11(25-8)4-9-7-14-10(6-13(9)18)5-12(16(22)23)15(24-14)17(19,20)21/h3,5-8,15H,2,4H2,1H3,(H,22,23). The Bertz CT molecular complexity index is 786. The van der Waals surface area contributed by atoms with Gasteiger partial charge in [0.1, 0.15) is 5.75 Å². The summed E-state index contributed by atoms with van der Waals surface area (Å²) < 4.78 is 44.4. The zero-order chi connectivity index (χ0) is 18.4. The van der Waals surface area contributed by atoms with Gasteiger partial charge in [-0.25, -0.2) is 4.79 Å². The average Bonchev–Trinajstić information content (AvgIpc) is 2.91. The minimum Gasteiger partial charge on any atom is -0.478 e. The maximum atomic E-state index is 13.1. The van der Waals surface area contributed by atoms with Crippen molar-refractivity contribution in [2.45, 2.75) is 37.3 Å². The first kappa shape index (κ1) is 18.2. The second kappa shape index (κ2) is 6.61. The highest BCUT2D eigenvalue weighted by atomic mass is 35.5. The van der Waals surface area contributed by atoms with E-state index in [2.05, 4.69) is 13.0 Å². The van der Waals surface area contributed by atoms with Crippen LogP contribution < -0.4 is 4.74 Å². The Balaban J connectivity index is 1.96. The third kappa shape index (κ3) is 3.82. The van der Waals surface area contributed by atoms with Crippen LogP contribution in [-0.4, -0.2) is 28.6 Å². The normalized spacial score (nSPS) is 22.8. The highest BCUT2D eigenvalue weighted by molar-refractivity contribution is 8.03. The molecule has 2 aliphatic rings. The number of carboxylic acids is 1. The zero-order valence-electron chi connectivity index (χ0n) is 13.1. The number of hydrogen-bond donors (Lipinski definition) is 1. The zero-order valence-corrected chi connectivity index (χ0v) is 14.6. The lowest BCUT2D eigenvalue weighted by molar-refractivity contribution is -0.187. The van der Waals surface area contributed by atoms with Crippen molar-refractivity contribution in [2.24, 2.45) is 0 Å². The van der Waals surface area contributed by atoms with Crippen molar-refractivity contribution in [3.63, 3.8) is 0 Å². The number of rotatable bonds is 3. The molecule has 0 fully saturated rings. The van der Waals surface area contributed by atoms with Crippen LogP contribution in [0.2, 0.25) is 5.02 Å². The Morgan fingerprint density at radius 1 is 1.44 bits per heavy atom. The molecule has 1 aromatic rings. The van der Waals surface area contributed by atoms with Crippen molar-refractivity contribution in [2.75, 3.05) is 0 Å². The molecule has 0 spiro atoms. The molecule has 0 amide bonds. The fourth-order valence-corrected chi connectivity index (χ4v) is 4.14. The maximum absolute atomic E-state index is 13.1. The van der Waals surface area contributed by atoms with Gasteiger partial charge in [0.05, 0.1) is 5.57 Å². The van der Waals surface area contributed by atoms with Crippen LogP contribution in [0.3, 0.4) is 0 Å². The van der Waals surface area contributed by atoms with E-state index in [1.807, 2.05) is 0 Å². The molecule has 0 saturated carbocycles. The summed E-state index contributed by atoms with van der Waals surface area (Å²) >= 11 is 7.95. The lowest BCUT2D eigenvalue weighted by Crippen LogP contribution is -2.40. The van der Waals surface area contributed by atoms with Gasteiger partial charge in [-0.1, -0.05) is 24.6 Å². The molecule has 8 heteroatoms. The third-order valence-corrected chi connectivity index (χ3v) is 5.52. The largest absolute Gasteiger partial charge is 0.478 e. The van der Waals surface area contributed by atoms with Crippen molar-refractivity contribution in [3.8, 4) is 5.75 Å². The summed E-state index contributed by atoms with van der Waals surface area (Å²) in [6, 6.07) is 2.92. The first-order valence-corrected chi connectivity index (χ1v) is 8.77. The topological polar surface area (TPSA) is 46.5 Å². The molecule has 134 valence electrons. The fourth-order valence-electron chi connectivity index (χ4n) is 2.77. The molecule has 0 aromatic heterocycles. The van der Waals surface area contributed by atoms with Gasteiger partial charge >= 0.3 is 12.1 Å². The van der Waals surface area contributed by atoms with E-state index in [1.54, 1.807) is 11.8 Å². The SMILES string of the molecule is CC1CC=C(Cc2cc3c(cc2Cl)C=C(C(=O)O)C(C(F)(F)F)O3)S1. The van der Waals surface area contributed by atoms with Gasteiger partial charge in [-0.15, -0.1) is 11.8 Å². The number of thioether (sulfide) groups is 1. The summed E-state index contributed by atoms with van der Waals surface area (Å²) in [6.45, 7) is 2.10. The number of carbonyl (C=O) groups is 1. The molecule has 2 heterocycles. The molecule has 3 nitrogen and oxygen atoms in total. The Labute approximate surface area is 151 Å². The molecule has 0 radical (unpaired) electrons. The van der Waals surface area contributed by atoms with Crippen molar-refractivity contribution >= 4 is 35.4 Å². The predicted molar refractivity (Wildman–Crippen MR) is 91.0 cm³/mol. The Morgan fingerprint density at radius 3 is 2.72 bits per heavy atom. The minimum atomic E-state index is -4.82. The lowest BCUT2D eigenvalue weighted by Gasteiger charge is -2.27. The van der Waals surface area contributed by atoms with Gasteiger partial charge in [-0.05, 0) is 35.1 Å². The first-order valence-electron chi connectivity index (χ1n) is 7.51. The average molecular weight is 391 g/mol. The quantitative estimate of drug-likeness (QED) is 0.781. The number of aliphatic carboxylic acids is 1. The Kier molecular flexibility index (Phi) is 4.81. The van der Waals surface area contributed by atoms with Crippen molar-refractivity contribution < 1.29 is 27.8 Å². The van der Waals surface area contributed by atoms with Crippen molar-refractivity contribution in [1.29, 1.82) is 0 Å². The molecule has 0 saturated heterocycles. The molecule has 3 rings (SSSR count). The Morgan fingerprint density at radius 2 is 2.16 bits per heavy atom. The lowest BCUT2D eigenvalue weighted by atomic mass is 9.99. The van der Waals surface area contributed by atoms with Crippen LogP contribution in [0.5, 0.6) is 5.75 Å². The highest BCUT2D eigenvalue weighted by Crippen LogP contribution is 2.41. The molecule has 0 aliphatic carbocycles. The summed E-state index contributed by atoms with van der Waals surface area (Å²) in [6.07, 6.45) is -2.79. The minimum absolute atomic E-state index is 0.0108. The van der Waals surface area contributed by atoms with Gasteiger partial charge in [0.2, 0.25) is 6.10 Å². The molecule has 2 aliphatic heterocycles. The smallest absolute Gasteiger partial charge is 0.430 e. The molecular formula is C17H14ClF3O3S. The summed E-state index contributed by atoms with van der Waals surface area (Å²) in [5.41, 5.74) is 0.0288. The molecule has 2 unspecified atom stereocenters. The van der Waals surface area contributed by atoms with Crippen molar-refractivity contribution in [3.05, 3.63) is 44.8 Å². The van der Waals surface area contributed by atoms with E-state index in [0.29, 0.717) is 22.3 Å². The van der Waals surface area contributed by atoms with E-state index in [9.17, 15) is 18.0 Å². The van der Waals surface area contributed by atoms with E-state index in [1.165, 1.54) is 12.1 Å². The van der Waals surface area contributed by atoms with Gasteiger partial charge in [-0.2, -0.15) is 13.2 Å². The number of allylic oxidation sites excluding steroid dienone is 2. The van der Waals surface area contributed by atoms with Gasteiger partial charge in [-0.3, -0.25) is 0 Å². The summed E-state index contributed by atoms with van der Waals surface area (Å²) in [5, 5.41) is 9.89. The summed E-state index contributed by atoms with van der Waals surface area (Å²) in [5.74, 6) is -1.68. The maximum Gasteiger partial charge on any atom is 0.430 e. The Hall–Kier alpha value is -1.60. The van der Waals surface area contributed by atoms with Crippen molar-refractivity contribution in [1.82, 2.24) is 0 Å². The van der Waals surface area contributed by atoms with Crippen LogP contribution in [-0.2, 0) is 11.2 Å². The fraction of sp³-hybridized carbons (Fsp3) is 0.353. The summed E-state index contributed by atoms with van der Waals surface area (Å²) in [7, 11) is 0. The summed E-state index contributed by atoms with van der Waals surface area (Å²) in [4.78, 5) is 12.3. The van der Waals surface area contributed by atoms with Crippen LogP contribution >= 0.6 is 23.4 Å². The van der Waals surface area contributed by atoms with E-state index in [-0.39, 0.29) is 11.3 Å². The number of halogens is 4. The van der Waals surface area contributed by atoms with Crippen LogP contribution in [0, 0.1) is 0 Å². The second-order valence-electron chi connectivity index (χ2n) is 5.94. The number of hydrogen-bond acceptors (Lipinski definition) is 3. The number of alkyl halides is 3. The molecule has 0 bridgehead atoms. The van der Waals surface area contributed by atoms with E-state index in [0.717, 1.165) is 17.4 Å². The van der Waals surface area contributed by atoms with Crippen LogP contribution in [0.4, 0.5) is 13.2 Å². The monoisotopic (exact) mass is 390 g/mol. The third-order valence-electron chi connectivity index (χ3n) is 3.96. The molecular weight excluding hydrogens is 377 g/mol. The predicted octanol–water partition coefficient (Wildman–Crippen LogP) is 5.08. The van der Waals surface area contributed by atoms with Gasteiger partial charge < -0.3 is 9.84 Å². The van der Waals surface area contributed by atoms with E-state index in [4.69, 9.17) is 21.4 Å². The molecule has 2 atom stereocenters. The van der Waals surface area contributed by atoms with E-state index < -0.39 is 23.8 Å². The molecule has 1 aromatic carbocycles. The number of ether oxygens (including phenoxy) is 1. The van der Waals surface area contributed by atoms with E-state index >= 15 is 0 Å². The first-order chi connectivity index (χ1) is 11.6. The second-order valence-corrected chi connectivity index (χ2v) is 7.91. The molecule has 25 heavy (non-hydrogen) atoms. The number of carboxylic acid groups (broad SMARTS) is 1. The number of fused-ring (bicyclic) bond motifs is 1. The van der Waals surface area contributed by atoms with Gasteiger partial charge in [0.25, 0.3) is 0 Å². The van der Waals surface area contributed by atoms with Gasteiger partial charge in [0.15, 0.2) is 0 Å². The van der Waals surface area contributed by atoms with Crippen LogP contribution in [0.15, 0.2) is 28.7 Å².